The summed E-state index contributed by atoms with van der Waals surface area (Å²) in [7, 11) is 0. The summed E-state index contributed by atoms with van der Waals surface area (Å²) in [6.45, 7) is 2.13. The highest BCUT2D eigenvalue weighted by Gasteiger charge is 2.09. The van der Waals surface area contributed by atoms with E-state index in [4.69, 9.17) is 5.11 Å². The van der Waals surface area contributed by atoms with Crippen molar-refractivity contribution in [1.29, 1.82) is 0 Å². The molecule has 0 aliphatic rings. The molecule has 2 heterocycles. The maximum Gasteiger partial charge on any atom is 0.304 e. The van der Waals surface area contributed by atoms with Crippen LogP contribution in [-0.2, 0) is 11.2 Å². The molecular formula is C11H12N2O2S3. The van der Waals surface area contributed by atoms with Crippen LogP contribution in [0.3, 0.4) is 0 Å². The third-order valence-electron chi connectivity index (χ3n) is 2.17. The molecule has 4 nitrogen and oxygen atoms in total. The molecule has 0 aliphatic heterocycles. The summed E-state index contributed by atoms with van der Waals surface area (Å²) >= 11 is 4.70. The number of carboxylic acid groups (broad SMARTS) is 1. The number of hydrogen-bond donors (Lipinski definition) is 1. The van der Waals surface area contributed by atoms with E-state index in [9.17, 15) is 4.79 Å². The molecule has 0 atom stereocenters. The number of thiophene rings is 1. The lowest BCUT2D eigenvalue weighted by atomic mass is 10.4. The van der Waals surface area contributed by atoms with Crippen molar-refractivity contribution in [2.45, 2.75) is 24.1 Å². The first-order chi connectivity index (χ1) is 8.69. The highest BCUT2D eigenvalue weighted by molar-refractivity contribution is 8.01. The van der Waals surface area contributed by atoms with E-state index in [1.165, 1.54) is 28.0 Å². The highest BCUT2D eigenvalue weighted by atomic mass is 32.2. The molecule has 18 heavy (non-hydrogen) atoms. The van der Waals surface area contributed by atoms with Crippen LogP contribution < -0.4 is 0 Å². The SMILES string of the molecule is CCc1ccc(-c2nnc(SCCC(=O)O)s2)s1. The van der Waals surface area contributed by atoms with Crippen molar-refractivity contribution in [1.82, 2.24) is 10.2 Å². The van der Waals surface area contributed by atoms with E-state index in [0.717, 1.165) is 20.6 Å². The van der Waals surface area contributed by atoms with E-state index < -0.39 is 5.97 Å². The Kier molecular flexibility index (Phi) is 4.73. The van der Waals surface area contributed by atoms with Gasteiger partial charge in [-0.1, -0.05) is 30.0 Å². The van der Waals surface area contributed by atoms with Gasteiger partial charge in [-0.2, -0.15) is 0 Å². The number of carboxylic acids is 1. The summed E-state index contributed by atoms with van der Waals surface area (Å²) in [5.74, 6) is -0.243. The molecule has 0 aliphatic carbocycles. The Bertz CT molecular complexity index is 536. The van der Waals surface area contributed by atoms with Gasteiger partial charge in [0.1, 0.15) is 0 Å². The summed E-state index contributed by atoms with van der Waals surface area (Å²) in [5, 5.41) is 17.7. The second-order valence-electron chi connectivity index (χ2n) is 3.48. The summed E-state index contributed by atoms with van der Waals surface area (Å²) in [4.78, 5) is 12.9. The zero-order valence-electron chi connectivity index (χ0n) is 9.75. The van der Waals surface area contributed by atoms with Gasteiger partial charge in [-0.05, 0) is 18.6 Å². The minimum atomic E-state index is -0.780. The van der Waals surface area contributed by atoms with Crippen LogP contribution in [0.25, 0.3) is 9.88 Å². The van der Waals surface area contributed by atoms with Gasteiger partial charge in [0.05, 0.1) is 11.3 Å². The van der Waals surface area contributed by atoms with Gasteiger partial charge in [-0.3, -0.25) is 4.79 Å². The molecule has 0 bridgehead atoms. The lowest BCUT2D eigenvalue weighted by molar-refractivity contribution is -0.136. The predicted molar refractivity (Wildman–Crippen MR) is 75.6 cm³/mol. The van der Waals surface area contributed by atoms with Crippen LogP contribution in [0, 0.1) is 0 Å². The average Bonchev–Trinajstić information content (AvgIpc) is 2.95. The molecule has 2 aromatic rings. The molecular weight excluding hydrogens is 288 g/mol. The molecule has 0 amide bonds. The number of thioether (sulfide) groups is 1. The zero-order valence-corrected chi connectivity index (χ0v) is 12.2. The summed E-state index contributed by atoms with van der Waals surface area (Å²) < 4.78 is 0.831. The van der Waals surface area contributed by atoms with Gasteiger partial charge in [0.2, 0.25) is 0 Å². The number of carbonyl (C=O) groups is 1. The van der Waals surface area contributed by atoms with Gasteiger partial charge in [-0.15, -0.1) is 21.5 Å². The Balaban J connectivity index is 1.99. The molecule has 0 aromatic carbocycles. The molecule has 96 valence electrons. The Labute approximate surface area is 117 Å². The van der Waals surface area contributed by atoms with Crippen molar-refractivity contribution in [3.63, 3.8) is 0 Å². The molecule has 0 unspecified atom stereocenters. The van der Waals surface area contributed by atoms with E-state index in [1.54, 1.807) is 11.3 Å². The van der Waals surface area contributed by atoms with Gasteiger partial charge >= 0.3 is 5.97 Å². The molecule has 1 N–H and O–H groups in total. The average molecular weight is 300 g/mol. The summed E-state index contributed by atoms with van der Waals surface area (Å²) in [6, 6.07) is 4.17. The second-order valence-corrected chi connectivity index (χ2v) is 6.97. The Morgan fingerprint density at radius 1 is 1.39 bits per heavy atom. The molecule has 0 spiro atoms. The Morgan fingerprint density at radius 2 is 2.22 bits per heavy atom. The van der Waals surface area contributed by atoms with Crippen LogP contribution in [0.5, 0.6) is 0 Å². The van der Waals surface area contributed by atoms with Crippen molar-refractivity contribution in [3.8, 4) is 9.88 Å². The van der Waals surface area contributed by atoms with E-state index in [0.29, 0.717) is 5.75 Å². The predicted octanol–water partition coefficient (Wildman–Crippen LogP) is 3.40. The van der Waals surface area contributed by atoms with Crippen molar-refractivity contribution in [2.24, 2.45) is 0 Å². The fraction of sp³-hybridized carbons (Fsp3) is 0.364. The lowest BCUT2D eigenvalue weighted by Gasteiger charge is -1.91. The first kappa shape index (κ1) is 13.5. The topological polar surface area (TPSA) is 63.1 Å². The highest BCUT2D eigenvalue weighted by Crippen LogP contribution is 2.33. The molecule has 0 radical (unpaired) electrons. The van der Waals surface area contributed by atoms with Crippen LogP contribution in [0.1, 0.15) is 18.2 Å². The van der Waals surface area contributed by atoms with E-state index in [2.05, 4.69) is 29.3 Å². The van der Waals surface area contributed by atoms with E-state index in [-0.39, 0.29) is 6.42 Å². The smallest absolute Gasteiger partial charge is 0.304 e. The van der Waals surface area contributed by atoms with Gasteiger partial charge in [-0.25, -0.2) is 0 Å². The monoisotopic (exact) mass is 300 g/mol. The van der Waals surface area contributed by atoms with E-state index in [1.807, 2.05) is 0 Å². The van der Waals surface area contributed by atoms with Crippen LogP contribution >= 0.6 is 34.4 Å². The number of nitrogens with zero attached hydrogens (tertiary/aromatic N) is 2. The molecule has 2 rings (SSSR count). The number of aliphatic carboxylic acids is 1. The Hall–Kier alpha value is -0.920. The van der Waals surface area contributed by atoms with Gasteiger partial charge in [0, 0.05) is 10.6 Å². The van der Waals surface area contributed by atoms with Crippen molar-refractivity contribution in [3.05, 3.63) is 17.0 Å². The molecule has 0 saturated heterocycles. The van der Waals surface area contributed by atoms with Gasteiger partial charge in [0.15, 0.2) is 9.35 Å². The normalized spacial score (nSPS) is 10.7. The molecule has 2 aromatic heterocycles. The fourth-order valence-electron chi connectivity index (χ4n) is 1.28. The van der Waals surface area contributed by atoms with Crippen LogP contribution in [0.15, 0.2) is 16.5 Å². The number of aryl methyl sites for hydroxylation is 1. The van der Waals surface area contributed by atoms with Crippen LogP contribution in [-0.4, -0.2) is 27.0 Å². The molecule has 0 saturated carbocycles. The maximum atomic E-state index is 10.4. The van der Waals surface area contributed by atoms with E-state index >= 15 is 0 Å². The second kappa shape index (κ2) is 6.31. The minimum absolute atomic E-state index is 0.151. The molecule has 7 heteroatoms. The summed E-state index contributed by atoms with van der Waals surface area (Å²) in [5.41, 5.74) is 0. The van der Waals surface area contributed by atoms with Gasteiger partial charge < -0.3 is 5.11 Å². The third kappa shape index (κ3) is 3.54. The standard InChI is InChI=1S/C11H12N2O2S3/c1-2-7-3-4-8(17-7)10-12-13-11(18-10)16-6-5-9(14)15/h3-4H,2,5-6H2,1H3,(H,14,15). The minimum Gasteiger partial charge on any atom is -0.481 e. The number of hydrogen-bond acceptors (Lipinski definition) is 6. The van der Waals surface area contributed by atoms with Crippen molar-refractivity contribution in [2.75, 3.05) is 5.75 Å². The molecule has 0 fully saturated rings. The first-order valence-electron chi connectivity index (χ1n) is 5.46. The Morgan fingerprint density at radius 3 is 2.89 bits per heavy atom. The first-order valence-corrected chi connectivity index (χ1v) is 8.08. The van der Waals surface area contributed by atoms with Crippen molar-refractivity contribution < 1.29 is 9.90 Å². The number of rotatable bonds is 6. The van der Waals surface area contributed by atoms with Crippen LogP contribution in [0.4, 0.5) is 0 Å². The van der Waals surface area contributed by atoms with Crippen molar-refractivity contribution >= 4 is 40.4 Å². The lowest BCUT2D eigenvalue weighted by Crippen LogP contribution is -1.95. The maximum absolute atomic E-state index is 10.4. The van der Waals surface area contributed by atoms with Crippen LogP contribution in [0.2, 0.25) is 0 Å². The zero-order chi connectivity index (χ0) is 13.0. The fourth-order valence-corrected chi connectivity index (χ4v) is 4.12. The third-order valence-corrected chi connectivity index (χ3v) is 5.63. The van der Waals surface area contributed by atoms with Gasteiger partial charge in [0.25, 0.3) is 0 Å². The summed E-state index contributed by atoms with van der Waals surface area (Å²) in [6.07, 6.45) is 1.18. The quantitative estimate of drug-likeness (QED) is 0.828. The largest absolute Gasteiger partial charge is 0.481 e. The number of aromatic nitrogens is 2.